The maximum absolute atomic E-state index is 13.5. The summed E-state index contributed by atoms with van der Waals surface area (Å²) in [5, 5.41) is 9.96. The van der Waals surface area contributed by atoms with Crippen molar-refractivity contribution in [1.82, 2.24) is 9.21 Å². The second-order valence-corrected chi connectivity index (χ2v) is 11.1. The standard InChI is InChI=1S/C23H25F3N2O7S/c24-23(25,26)16-3-5-17(6-4-16)35-18-7-11-28(12-8-18)36(32,33)22(21(30)31)9-13-27(14-10-22)20(29)19-2-1-15-34-19/h1-6,15,18H,7-14H2,(H,30,31). The minimum atomic E-state index is -4.46. The minimum absolute atomic E-state index is 0.0116. The second-order valence-electron chi connectivity index (χ2n) is 8.81. The molecule has 9 nitrogen and oxygen atoms in total. The molecule has 1 N–H and O–H groups in total. The number of amides is 1. The number of likely N-dealkylation sites (tertiary alicyclic amines) is 1. The smallest absolute Gasteiger partial charge is 0.416 e. The van der Waals surface area contributed by atoms with Gasteiger partial charge in [-0.05, 0) is 62.1 Å². The SMILES string of the molecule is O=C(c1ccco1)N1CCC(C(=O)O)(S(=O)(=O)N2CCC(Oc3ccc(C(F)(F)F)cc3)CC2)CC1. The first-order valence-corrected chi connectivity index (χ1v) is 12.8. The summed E-state index contributed by atoms with van der Waals surface area (Å²) in [7, 11) is -4.28. The molecule has 0 bridgehead atoms. The Morgan fingerprint density at radius 2 is 1.64 bits per heavy atom. The lowest BCUT2D eigenvalue weighted by Gasteiger charge is -2.42. The molecule has 1 aromatic heterocycles. The Morgan fingerprint density at radius 3 is 2.14 bits per heavy atom. The van der Waals surface area contributed by atoms with Crippen molar-refractivity contribution in [1.29, 1.82) is 0 Å². The number of ether oxygens (including phenoxy) is 1. The van der Waals surface area contributed by atoms with Gasteiger partial charge in [-0.15, -0.1) is 0 Å². The average molecular weight is 531 g/mol. The van der Waals surface area contributed by atoms with E-state index in [4.69, 9.17) is 9.15 Å². The highest BCUT2D eigenvalue weighted by atomic mass is 32.2. The van der Waals surface area contributed by atoms with Crippen LogP contribution >= 0.6 is 0 Å². The molecule has 2 saturated heterocycles. The number of furan rings is 1. The summed E-state index contributed by atoms with van der Waals surface area (Å²) in [6.07, 6.45) is -3.58. The van der Waals surface area contributed by atoms with Crippen molar-refractivity contribution >= 4 is 21.9 Å². The third-order valence-electron chi connectivity index (χ3n) is 6.70. The Morgan fingerprint density at radius 1 is 1.03 bits per heavy atom. The fraction of sp³-hybridized carbons (Fsp3) is 0.478. The second kappa shape index (κ2) is 9.77. The topological polar surface area (TPSA) is 117 Å². The van der Waals surface area contributed by atoms with Gasteiger partial charge in [-0.2, -0.15) is 13.2 Å². The van der Waals surface area contributed by atoms with Crippen LogP contribution in [0.5, 0.6) is 5.75 Å². The Labute approximate surface area is 205 Å². The number of hydrogen-bond donors (Lipinski definition) is 1. The third kappa shape index (κ3) is 4.94. The summed E-state index contributed by atoms with van der Waals surface area (Å²) < 4.78 is 75.0. The molecule has 0 radical (unpaired) electrons. The van der Waals surface area contributed by atoms with Gasteiger partial charge in [-0.25, -0.2) is 12.7 Å². The maximum Gasteiger partial charge on any atom is 0.416 e. The molecular formula is C23H25F3N2O7S. The van der Waals surface area contributed by atoms with Crippen LogP contribution in [0.1, 0.15) is 41.8 Å². The van der Waals surface area contributed by atoms with E-state index in [-0.39, 0.29) is 63.4 Å². The van der Waals surface area contributed by atoms with Crippen molar-refractivity contribution in [2.45, 2.75) is 42.7 Å². The van der Waals surface area contributed by atoms with Gasteiger partial charge >= 0.3 is 12.1 Å². The van der Waals surface area contributed by atoms with Gasteiger partial charge in [-0.3, -0.25) is 9.59 Å². The molecule has 0 atom stereocenters. The Hall–Kier alpha value is -3.06. The minimum Gasteiger partial charge on any atom is -0.490 e. The van der Waals surface area contributed by atoms with E-state index in [0.717, 1.165) is 16.4 Å². The fourth-order valence-corrected chi connectivity index (χ4v) is 6.67. The number of carbonyl (C=O) groups excluding carboxylic acids is 1. The molecule has 2 aliphatic heterocycles. The fourth-order valence-electron chi connectivity index (χ4n) is 4.56. The zero-order valence-corrected chi connectivity index (χ0v) is 19.9. The van der Waals surface area contributed by atoms with E-state index in [2.05, 4.69) is 0 Å². The van der Waals surface area contributed by atoms with Gasteiger partial charge in [-0.1, -0.05) is 0 Å². The summed E-state index contributed by atoms with van der Waals surface area (Å²) in [5.41, 5.74) is -0.799. The predicted molar refractivity (Wildman–Crippen MR) is 120 cm³/mol. The van der Waals surface area contributed by atoms with Crippen LogP contribution in [0.25, 0.3) is 0 Å². The van der Waals surface area contributed by atoms with E-state index in [9.17, 15) is 36.3 Å². The number of piperidine rings is 2. The van der Waals surface area contributed by atoms with Gasteiger partial charge in [0.25, 0.3) is 5.91 Å². The lowest BCUT2D eigenvalue weighted by atomic mass is 9.95. The van der Waals surface area contributed by atoms with Crippen LogP contribution in [0.2, 0.25) is 0 Å². The first kappa shape index (κ1) is 26.0. The van der Waals surface area contributed by atoms with Crippen LogP contribution in [-0.4, -0.2) is 71.6 Å². The van der Waals surface area contributed by atoms with Crippen LogP contribution in [-0.2, 0) is 21.0 Å². The molecule has 13 heteroatoms. The van der Waals surface area contributed by atoms with Crippen molar-refractivity contribution in [3.05, 3.63) is 54.0 Å². The van der Waals surface area contributed by atoms with Crippen LogP contribution in [0.3, 0.4) is 0 Å². The summed E-state index contributed by atoms with van der Waals surface area (Å²) >= 11 is 0. The zero-order chi connectivity index (χ0) is 26.1. The number of nitrogens with zero attached hydrogens (tertiary/aromatic N) is 2. The number of halogens is 3. The van der Waals surface area contributed by atoms with Crippen molar-refractivity contribution < 1.29 is 45.4 Å². The summed E-state index contributed by atoms with van der Waals surface area (Å²) in [6, 6.07) is 7.28. The normalized spacial score (nSPS) is 19.7. The molecule has 36 heavy (non-hydrogen) atoms. The molecule has 0 spiro atoms. The van der Waals surface area contributed by atoms with Gasteiger partial charge in [0.1, 0.15) is 11.9 Å². The Balaban J connectivity index is 1.38. The zero-order valence-electron chi connectivity index (χ0n) is 19.1. The van der Waals surface area contributed by atoms with Crippen molar-refractivity contribution in [3.63, 3.8) is 0 Å². The molecule has 196 valence electrons. The van der Waals surface area contributed by atoms with E-state index >= 15 is 0 Å². The number of carboxylic acids is 1. The lowest BCUT2D eigenvalue weighted by Crippen LogP contribution is -2.60. The Bertz CT molecular complexity index is 1180. The summed E-state index contributed by atoms with van der Waals surface area (Å²) in [6.45, 7) is -0.0907. The van der Waals surface area contributed by atoms with Gasteiger partial charge in [0.05, 0.1) is 11.8 Å². The van der Waals surface area contributed by atoms with Crippen LogP contribution in [0.15, 0.2) is 47.1 Å². The molecule has 0 aliphatic carbocycles. The number of alkyl halides is 3. The molecule has 1 amide bonds. The van der Waals surface area contributed by atoms with E-state index in [0.29, 0.717) is 0 Å². The van der Waals surface area contributed by atoms with E-state index in [1.807, 2.05) is 0 Å². The number of benzene rings is 1. The van der Waals surface area contributed by atoms with Crippen LogP contribution < -0.4 is 4.74 Å². The van der Waals surface area contributed by atoms with Gasteiger partial charge in [0.2, 0.25) is 10.0 Å². The highest BCUT2D eigenvalue weighted by Crippen LogP contribution is 2.36. The van der Waals surface area contributed by atoms with Gasteiger partial charge < -0.3 is 19.2 Å². The van der Waals surface area contributed by atoms with E-state index in [1.165, 1.54) is 29.4 Å². The van der Waals surface area contributed by atoms with Crippen LogP contribution in [0.4, 0.5) is 13.2 Å². The van der Waals surface area contributed by atoms with E-state index < -0.39 is 44.5 Å². The number of rotatable bonds is 6. The lowest BCUT2D eigenvalue weighted by molar-refractivity contribution is -0.141. The van der Waals surface area contributed by atoms with Gasteiger partial charge in [0, 0.05) is 26.2 Å². The molecule has 2 aromatic rings. The largest absolute Gasteiger partial charge is 0.490 e. The summed E-state index contributed by atoms with van der Waals surface area (Å²) in [4.78, 5) is 26.1. The average Bonchev–Trinajstić information content (AvgIpc) is 3.39. The quantitative estimate of drug-likeness (QED) is 0.609. The highest BCUT2D eigenvalue weighted by Gasteiger charge is 2.56. The highest BCUT2D eigenvalue weighted by molar-refractivity contribution is 7.91. The van der Waals surface area contributed by atoms with Crippen LogP contribution in [0, 0.1) is 0 Å². The van der Waals surface area contributed by atoms with Crippen molar-refractivity contribution in [2.75, 3.05) is 26.2 Å². The molecule has 2 aliphatic rings. The molecule has 3 heterocycles. The Kier molecular flexibility index (Phi) is 7.06. The molecule has 0 unspecified atom stereocenters. The monoisotopic (exact) mass is 530 g/mol. The first-order valence-electron chi connectivity index (χ1n) is 11.3. The number of carboxylic acid groups (broad SMARTS) is 1. The number of sulfonamides is 1. The molecule has 2 fully saturated rings. The first-order chi connectivity index (χ1) is 16.9. The van der Waals surface area contributed by atoms with Gasteiger partial charge in [0.15, 0.2) is 10.5 Å². The molecule has 4 rings (SSSR count). The number of carbonyl (C=O) groups is 2. The third-order valence-corrected chi connectivity index (χ3v) is 9.31. The van der Waals surface area contributed by atoms with Crippen molar-refractivity contribution in [3.8, 4) is 5.75 Å². The number of aliphatic carboxylic acids is 1. The maximum atomic E-state index is 13.5. The van der Waals surface area contributed by atoms with E-state index in [1.54, 1.807) is 6.07 Å². The summed E-state index contributed by atoms with van der Waals surface area (Å²) in [5.74, 6) is -1.57. The van der Waals surface area contributed by atoms with Crippen molar-refractivity contribution in [2.24, 2.45) is 0 Å². The number of hydrogen-bond acceptors (Lipinski definition) is 6. The molecule has 1 aromatic carbocycles. The molecule has 0 saturated carbocycles. The predicted octanol–water partition coefficient (Wildman–Crippen LogP) is 3.23. The molecular weight excluding hydrogens is 505 g/mol.